The molecule has 1 unspecified atom stereocenters. The van der Waals surface area contributed by atoms with Gasteiger partial charge in [-0.05, 0) is 12.1 Å². The van der Waals surface area contributed by atoms with Gasteiger partial charge in [0, 0.05) is 30.2 Å². The van der Waals surface area contributed by atoms with Crippen molar-refractivity contribution in [2.24, 2.45) is 5.92 Å². The second-order valence-electron chi connectivity index (χ2n) is 4.51. The number of hydrogen-bond donors (Lipinski definition) is 1. The van der Waals surface area contributed by atoms with Crippen molar-refractivity contribution in [1.29, 1.82) is 0 Å². The highest BCUT2D eigenvalue weighted by Crippen LogP contribution is 2.35. The topological polar surface area (TPSA) is 49.4 Å². The van der Waals surface area contributed by atoms with Gasteiger partial charge in [0.25, 0.3) is 0 Å². The Morgan fingerprint density at radius 1 is 1.39 bits per heavy atom. The van der Waals surface area contributed by atoms with Gasteiger partial charge in [-0.25, -0.2) is 0 Å². The average molecular weight is 262 g/mol. The number of anilines is 1. The monoisotopic (exact) mass is 262 g/mol. The van der Waals surface area contributed by atoms with Gasteiger partial charge in [0.1, 0.15) is 0 Å². The second kappa shape index (κ2) is 4.65. The number of hydrogen-bond acceptors (Lipinski definition) is 3. The van der Waals surface area contributed by atoms with E-state index in [1.807, 2.05) is 29.2 Å². The van der Waals surface area contributed by atoms with E-state index in [2.05, 4.69) is 5.32 Å². The number of amides is 2. The molecule has 0 aromatic heterocycles. The van der Waals surface area contributed by atoms with E-state index in [1.54, 1.807) is 11.8 Å². The number of nitrogens with one attached hydrogen (secondary N) is 1. The lowest BCUT2D eigenvalue weighted by Crippen LogP contribution is -2.40. The molecule has 1 fully saturated rings. The standard InChI is InChI=1S/C13H14N2O2S/c16-12-7-9(8-14-12)13(17)15-5-6-18-11-4-2-1-3-10(11)15/h1-4,9H,5-8H2,(H,14,16). The average Bonchev–Trinajstić information content (AvgIpc) is 2.84. The summed E-state index contributed by atoms with van der Waals surface area (Å²) in [6, 6.07) is 7.95. The lowest BCUT2D eigenvalue weighted by molar-refractivity contribution is -0.124. The number of carbonyl (C=O) groups is 2. The molecule has 1 atom stereocenters. The van der Waals surface area contributed by atoms with Crippen molar-refractivity contribution < 1.29 is 9.59 Å². The molecule has 4 nitrogen and oxygen atoms in total. The van der Waals surface area contributed by atoms with Gasteiger partial charge in [-0.3, -0.25) is 9.59 Å². The first kappa shape index (κ1) is 11.6. The Bertz CT molecular complexity index is 504. The molecule has 0 bridgehead atoms. The fraction of sp³-hybridized carbons (Fsp3) is 0.385. The normalized spacial score (nSPS) is 22.6. The van der Waals surface area contributed by atoms with E-state index in [0.29, 0.717) is 13.0 Å². The van der Waals surface area contributed by atoms with Crippen LogP contribution in [0.2, 0.25) is 0 Å². The summed E-state index contributed by atoms with van der Waals surface area (Å²) in [5.41, 5.74) is 0.984. The molecule has 0 saturated carbocycles. The molecule has 1 aromatic carbocycles. The van der Waals surface area contributed by atoms with E-state index < -0.39 is 0 Å². The predicted octanol–water partition coefficient (Wildman–Crippen LogP) is 1.26. The maximum absolute atomic E-state index is 12.4. The number of para-hydroxylation sites is 1. The molecule has 2 heterocycles. The first-order chi connectivity index (χ1) is 8.75. The van der Waals surface area contributed by atoms with Crippen LogP contribution in [0.1, 0.15) is 6.42 Å². The van der Waals surface area contributed by atoms with Crippen molar-refractivity contribution in [3.63, 3.8) is 0 Å². The van der Waals surface area contributed by atoms with E-state index in [4.69, 9.17) is 0 Å². The van der Waals surface area contributed by atoms with Crippen molar-refractivity contribution in [1.82, 2.24) is 5.32 Å². The van der Waals surface area contributed by atoms with Crippen LogP contribution in [-0.2, 0) is 9.59 Å². The Kier molecular flexibility index (Phi) is 2.99. The smallest absolute Gasteiger partial charge is 0.232 e. The Labute approximate surface area is 110 Å². The molecule has 0 spiro atoms. The maximum atomic E-state index is 12.4. The first-order valence-corrected chi connectivity index (χ1v) is 7.04. The highest BCUT2D eigenvalue weighted by molar-refractivity contribution is 7.99. The summed E-state index contributed by atoms with van der Waals surface area (Å²) >= 11 is 1.78. The molecule has 1 N–H and O–H groups in total. The quantitative estimate of drug-likeness (QED) is 0.829. The van der Waals surface area contributed by atoms with Gasteiger partial charge in [-0.1, -0.05) is 12.1 Å². The van der Waals surface area contributed by atoms with Crippen LogP contribution >= 0.6 is 11.8 Å². The zero-order chi connectivity index (χ0) is 12.5. The molecule has 2 amide bonds. The van der Waals surface area contributed by atoms with E-state index in [-0.39, 0.29) is 17.7 Å². The second-order valence-corrected chi connectivity index (χ2v) is 5.65. The lowest BCUT2D eigenvalue weighted by atomic mass is 10.1. The number of rotatable bonds is 1. The minimum atomic E-state index is -0.200. The summed E-state index contributed by atoms with van der Waals surface area (Å²) < 4.78 is 0. The number of nitrogens with zero attached hydrogens (tertiary/aromatic N) is 1. The van der Waals surface area contributed by atoms with Crippen molar-refractivity contribution in [3.8, 4) is 0 Å². The minimum Gasteiger partial charge on any atom is -0.355 e. The van der Waals surface area contributed by atoms with Gasteiger partial charge >= 0.3 is 0 Å². The van der Waals surface area contributed by atoms with Crippen LogP contribution in [0.15, 0.2) is 29.2 Å². The van der Waals surface area contributed by atoms with Gasteiger partial charge in [0.15, 0.2) is 0 Å². The fourth-order valence-electron chi connectivity index (χ4n) is 2.40. The summed E-state index contributed by atoms with van der Waals surface area (Å²) in [5.74, 6) is 0.763. The van der Waals surface area contributed by atoms with Crippen LogP contribution in [0.4, 0.5) is 5.69 Å². The highest BCUT2D eigenvalue weighted by atomic mass is 32.2. The molecule has 1 saturated heterocycles. The van der Waals surface area contributed by atoms with Gasteiger partial charge in [0.05, 0.1) is 11.6 Å². The van der Waals surface area contributed by atoms with E-state index >= 15 is 0 Å². The molecule has 2 aliphatic rings. The Hall–Kier alpha value is -1.49. The van der Waals surface area contributed by atoms with Gasteiger partial charge in [0.2, 0.25) is 11.8 Å². The SMILES string of the molecule is O=C1CC(C(=O)N2CCSc3ccccc32)CN1. The van der Waals surface area contributed by atoms with Crippen LogP contribution in [0, 0.1) is 5.92 Å². The molecule has 0 aliphatic carbocycles. The van der Waals surface area contributed by atoms with Crippen molar-refractivity contribution >= 4 is 29.3 Å². The van der Waals surface area contributed by atoms with Crippen LogP contribution in [0.3, 0.4) is 0 Å². The van der Waals surface area contributed by atoms with Crippen LogP contribution < -0.4 is 10.2 Å². The number of carbonyl (C=O) groups excluding carboxylic acids is 2. The molecular formula is C13H14N2O2S. The fourth-order valence-corrected chi connectivity index (χ4v) is 3.39. The zero-order valence-electron chi connectivity index (χ0n) is 9.89. The Balaban J connectivity index is 1.85. The minimum absolute atomic E-state index is 0.0204. The summed E-state index contributed by atoms with van der Waals surface area (Å²) in [6.07, 6.45) is 0.324. The Morgan fingerprint density at radius 2 is 2.22 bits per heavy atom. The molecule has 18 heavy (non-hydrogen) atoms. The molecular weight excluding hydrogens is 248 g/mol. The van der Waals surface area contributed by atoms with Gasteiger partial charge in [-0.2, -0.15) is 0 Å². The van der Waals surface area contributed by atoms with Crippen molar-refractivity contribution in [3.05, 3.63) is 24.3 Å². The van der Waals surface area contributed by atoms with Crippen molar-refractivity contribution in [2.45, 2.75) is 11.3 Å². The van der Waals surface area contributed by atoms with Gasteiger partial charge < -0.3 is 10.2 Å². The number of fused-ring (bicyclic) bond motifs is 1. The Morgan fingerprint density at radius 3 is 3.00 bits per heavy atom. The largest absolute Gasteiger partial charge is 0.355 e. The molecule has 2 aliphatic heterocycles. The first-order valence-electron chi connectivity index (χ1n) is 6.05. The van der Waals surface area contributed by atoms with Crippen LogP contribution in [-0.4, -0.2) is 30.7 Å². The highest BCUT2D eigenvalue weighted by Gasteiger charge is 2.33. The van der Waals surface area contributed by atoms with E-state index in [9.17, 15) is 9.59 Å². The van der Waals surface area contributed by atoms with Crippen LogP contribution in [0.5, 0.6) is 0 Å². The third kappa shape index (κ3) is 1.99. The molecule has 5 heteroatoms. The molecule has 3 rings (SSSR count). The zero-order valence-corrected chi connectivity index (χ0v) is 10.7. The number of thioether (sulfide) groups is 1. The summed E-state index contributed by atoms with van der Waals surface area (Å²) in [7, 11) is 0. The predicted molar refractivity (Wildman–Crippen MR) is 70.6 cm³/mol. The number of benzene rings is 1. The summed E-state index contributed by atoms with van der Waals surface area (Å²) in [4.78, 5) is 26.6. The van der Waals surface area contributed by atoms with E-state index in [0.717, 1.165) is 22.9 Å². The van der Waals surface area contributed by atoms with E-state index in [1.165, 1.54) is 0 Å². The molecule has 94 valence electrons. The molecule has 0 radical (unpaired) electrons. The third-order valence-electron chi connectivity index (χ3n) is 3.32. The maximum Gasteiger partial charge on any atom is 0.232 e. The summed E-state index contributed by atoms with van der Waals surface area (Å²) in [6.45, 7) is 1.20. The molecule has 1 aromatic rings. The van der Waals surface area contributed by atoms with Crippen molar-refractivity contribution in [2.75, 3.05) is 23.7 Å². The lowest BCUT2D eigenvalue weighted by Gasteiger charge is -2.30. The van der Waals surface area contributed by atoms with Crippen LogP contribution in [0.25, 0.3) is 0 Å². The van der Waals surface area contributed by atoms with Gasteiger partial charge in [-0.15, -0.1) is 11.8 Å². The third-order valence-corrected chi connectivity index (χ3v) is 4.36. The summed E-state index contributed by atoms with van der Waals surface area (Å²) in [5, 5.41) is 2.72.